The van der Waals surface area contributed by atoms with Gasteiger partial charge in [-0.05, 0) is 13.3 Å². The Morgan fingerprint density at radius 1 is 1.44 bits per heavy atom. The normalized spacial score (nSPS) is 9.44. The van der Waals surface area contributed by atoms with Gasteiger partial charge in [0.2, 0.25) is 0 Å². The molecule has 2 N–H and O–H groups in total. The van der Waals surface area contributed by atoms with Gasteiger partial charge >= 0.3 is 0 Å². The molecule has 9 heavy (non-hydrogen) atoms. The molecule has 0 aliphatic rings. The Morgan fingerprint density at radius 2 is 2.22 bits per heavy atom. The van der Waals surface area contributed by atoms with Gasteiger partial charge in [-0.25, -0.2) is 4.98 Å². The summed E-state index contributed by atoms with van der Waals surface area (Å²) in [6.07, 6.45) is 3.82. The van der Waals surface area contributed by atoms with Crippen molar-refractivity contribution in [3.8, 4) is 0 Å². The van der Waals surface area contributed by atoms with E-state index >= 15 is 0 Å². The molecule has 0 aliphatic heterocycles. The summed E-state index contributed by atoms with van der Waals surface area (Å²) in [5.41, 5.74) is 6.15. The number of aromatic nitrogens is 2. The first-order valence-electron chi connectivity index (χ1n) is 2.68. The number of nitrogens with zero attached hydrogens (tertiary/aromatic N) is 2. The smallest absolute Gasteiger partial charge is 0.141 e. The Hall–Kier alpha value is -1.12. The van der Waals surface area contributed by atoms with Crippen molar-refractivity contribution >= 4 is 5.82 Å². The Bertz CT molecular complexity index is 180. The van der Waals surface area contributed by atoms with Gasteiger partial charge < -0.3 is 5.73 Å². The molecule has 0 bridgehead atoms. The summed E-state index contributed by atoms with van der Waals surface area (Å²) < 4.78 is 0. The molecule has 0 atom stereocenters. The third kappa shape index (κ3) is 1.38. The van der Waals surface area contributed by atoms with E-state index in [-0.39, 0.29) is 0 Å². The van der Waals surface area contributed by atoms with Crippen molar-refractivity contribution in [1.82, 2.24) is 9.97 Å². The molecule has 0 saturated carbocycles. The molecule has 0 aromatic carbocycles. The van der Waals surface area contributed by atoms with Crippen molar-refractivity contribution in [2.75, 3.05) is 5.73 Å². The minimum atomic E-state index is 0.451. The second-order valence-electron chi connectivity index (χ2n) is 1.68. The van der Waals surface area contributed by atoms with Crippen LogP contribution in [0.15, 0.2) is 12.4 Å². The van der Waals surface area contributed by atoms with Crippen LogP contribution in [0.2, 0.25) is 0 Å². The molecular formula is C6H8N3. The zero-order valence-electron chi connectivity index (χ0n) is 5.04. The van der Waals surface area contributed by atoms with Crippen molar-refractivity contribution in [1.29, 1.82) is 0 Å². The highest BCUT2D eigenvalue weighted by Crippen LogP contribution is 1.94. The maximum Gasteiger partial charge on any atom is 0.141 e. The van der Waals surface area contributed by atoms with Crippen molar-refractivity contribution in [2.24, 2.45) is 0 Å². The Kier molecular flexibility index (Phi) is 1.63. The van der Waals surface area contributed by atoms with Gasteiger partial charge in [0.1, 0.15) is 5.82 Å². The number of hydrogen-bond acceptors (Lipinski definition) is 3. The highest BCUT2D eigenvalue weighted by molar-refractivity contribution is 5.22. The monoisotopic (exact) mass is 122 g/mol. The standard InChI is InChI=1S/C6H8N3/c1-2-5-3-9-6(7)4-8-5/h3-4H,1-2H2,(H2,7,9). The summed E-state index contributed by atoms with van der Waals surface area (Å²) in [6.45, 7) is 3.64. The number of hydrogen-bond donors (Lipinski definition) is 1. The molecule has 0 spiro atoms. The maximum absolute atomic E-state index is 5.29. The summed E-state index contributed by atoms with van der Waals surface area (Å²) in [5.74, 6) is 0.451. The summed E-state index contributed by atoms with van der Waals surface area (Å²) >= 11 is 0. The topological polar surface area (TPSA) is 51.8 Å². The molecule has 3 nitrogen and oxygen atoms in total. The average Bonchev–Trinajstić information content (AvgIpc) is 1.90. The molecule has 0 amide bonds. The van der Waals surface area contributed by atoms with Crippen LogP contribution in [0.4, 0.5) is 5.82 Å². The van der Waals surface area contributed by atoms with Gasteiger partial charge in [0.05, 0.1) is 18.1 Å². The van der Waals surface area contributed by atoms with Crippen molar-refractivity contribution in [2.45, 2.75) is 6.42 Å². The zero-order valence-corrected chi connectivity index (χ0v) is 5.04. The first kappa shape index (κ1) is 6.01. The Morgan fingerprint density at radius 3 is 2.67 bits per heavy atom. The molecule has 1 radical (unpaired) electrons. The van der Waals surface area contributed by atoms with Crippen LogP contribution in [0.3, 0.4) is 0 Å². The van der Waals surface area contributed by atoms with Gasteiger partial charge in [-0.3, -0.25) is 4.98 Å². The van der Waals surface area contributed by atoms with E-state index in [9.17, 15) is 0 Å². The van der Waals surface area contributed by atoms with E-state index < -0.39 is 0 Å². The Labute approximate surface area is 53.9 Å². The fourth-order valence-electron chi connectivity index (χ4n) is 0.494. The molecule has 1 rings (SSSR count). The average molecular weight is 122 g/mol. The summed E-state index contributed by atoms with van der Waals surface area (Å²) in [4.78, 5) is 7.77. The van der Waals surface area contributed by atoms with Crippen molar-refractivity contribution in [3.63, 3.8) is 0 Å². The van der Waals surface area contributed by atoms with Gasteiger partial charge in [0.25, 0.3) is 0 Å². The first-order chi connectivity index (χ1) is 4.33. The van der Waals surface area contributed by atoms with E-state index in [0.29, 0.717) is 12.2 Å². The van der Waals surface area contributed by atoms with E-state index in [1.54, 1.807) is 6.20 Å². The summed E-state index contributed by atoms with van der Waals surface area (Å²) in [7, 11) is 0. The number of nitrogens with two attached hydrogens (primary N) is 1. The minimum Gasteiger partial charge on any atom is -0.382 e. The molecule has 1 heterocycles. The van der Waals surface area contributed by atoms with Crippen LogP contribution in [-0.4, -0.2) is 9.97 Å². The van der Waals surface area contributed by atoms with Crippen LogP contribution < -0.4 is 5.73 Å². The molecular weight excluding hydrogens is 114 g/mol. The van der Waals surface area contributed by atoms with Gasteiger partial charge in [0.15, 0.2) is 0 Å². The quantitative estimate of drug-likeness (QED) is 0.587. The molecule has 1 aromatic heterocycles. The highest BCUT2D eigenvalue weighted by Gasteiger charge is 1.88. The lowest BCUT2D eigenvalue weighted by Gasteiger charge is -1.92. The van der Waals surface area contributed by atoms with Crippen molar-refractivity contribution < 1.29 is 0 Å². The maximum atomic E-state index is 5.29. The summed E-state index contributed by atoms with van der Waals surface area (Å²) in [5, 5.41) is 0. The molecule has 0 aliphatic carbocycles. The SMILES string of the molecule is [CH2]Cc1cnc(N)cn1. The second kappa shape index (κ2) is 2.44. The lowest BCUT2D eigenvalue weighted by atomic mass is 10.4. The molecule has 3 heteroatoms. The van der Waals surface area contributed by atoms with Crippen LogP contribution in [0, 0.1) is 6.92 Å². The number of rotatable bonds is 1. The fraction of sp³-hybridized carbons (Fsp3) is 0.167. The molecule has 0 saturated heterocycles. The van der Waals surface area contributed by atoms with Crippen LogP contribution >= 0.6 is 0 Å². The third-order valence-corrected chi connectivity index (χ3v) is 0.981. The zero-order chi connectivity index (χ0) is 6.69. The van der Waals surface area contributed by atoms with E-state index in [0.717, 1.165) is 5.69 Å². The van der Waals surface area contributed by atoms with E-state index in [1.165, 1.54) is 6.20 Å². The molecule has 1 aromatic rings. The molecule has 0 fully saturated rings. The number of nitrogen functional groups attached to an aromatic ring is 1. The van der Waals surface area contributed by atoms with Crippen LogP contribution in [0.5, 0.6) is 0 Å². The fourth-order valence-corrected chi connectivity index (χ4v) is 0.494. The van der Waals surface area contributed by atoms with Crippen molar-refractivity contribution in [3.05, 3.63) is 25.0 Å². The third-order valence-electron chi connectivity index (χ3n) is 0.981. The predicted octanol–water partition coefficient (Wildman–Crippen LogP) is 0.435. The second-order valence-corrected chi connectivity index (χ2v) is 1.68. The van der Waals surface area contributed by atoms with E-state index in [4.69, 9.17) is 5.73 Å². The van der Waals surface area contributed by atoms with Gasteiger partial charge in [-0.1, -0.05) is 0 Å². The largest absolute Gasteiger partial charge is 0.382 e. The van der Waals surface area contributed by atoms with Crippen LogP contribution in [-0.2, 0) is 6.42 Å². The first-order valence-corrected chi connectivity index (χ1v) is 2.68. The number of anilines is 1. The lowest BCUT2D eigenvalue weighted by Crippen LogP contribution is -1.93. The lowest BCUT2D eigenvalue weighted by molar-refractivity contribution is 1.06. The van der Waals surface area contributed by atoms with Crippen LogP contribution in [0.25, 0.3) is 0 Å². The molecule has 0 unspecified atom stereocenters. The Balaban J connectivity index is 2.88. The highest BCUT2D eigenvalue weighted by atomic mass is 14.9. The van der Waals surface area contributed by atoms with E-state index in [1.807, 2.05) is 0 Å². The van der Waals surface area contributed by atoms with E-state index in [2.05, 4.69) is 16.9 Å². The van der Waals surface area contributed by atoms with Gasteiger partial charge in [0, 0.05) is 0 Å². The van der Waals surface area contributed by atoms with Gasteiger partial charge in [-0.15, -0.1) is 0 Å². The summed E-state index contributed by atoms with van der Waals surface area (Å²) in [6, 6.07) is 0. The van der Waals surface area contributed by atoms with Gasteiger partial charge in [-0.2, -0.15) is 0 Å². The minimum absolute atomic E-state index is 0.451. The molecule has 47 valence electrons. The predicted molar refractivity (Wildman–Crippen MR) is 35.5 cm³/mol. The van der Waals surface area contributed by atoms with Crippen LogP contribution in [0.1, 0.15) is 5.69 Å².